The molecular weight excluding hydrogens is 208 g/mol. The molecule has 0 aromatic carbocycles. The van der Waals surface area contributed by atoms with Crippen LogP contribution in [0, 0.1) is 5.92 Å². The number of rotatable bonds is 4. The lowest BCUT2D eigenvalue weighted by Crippen LogP contribution is -2.07. The second-order valence-electron chi connectivity index (χ2n) is 4.40. The van der Waals surface area contributed by atoms with Gasteiger partial charge in [0, 0.05) is 18.1 Å². The molecule has 0 fully saturated rings. The van der Waals surface area contributed by atoms with Gasteiger partial charge in [-0.2, -0.15) is 0 Å². The zero-order valence-corrected chi connectivity index (χ0v) is 11.3. The van der Waals surface area contributed by atoms with Gasteiger partial charge in [0.05, 0.1) is 5.70 Å². The monoisotopic (exact) mass is 230 g/mol. The van der Waals surface area contributed by atoms with Gasteiger partial charge in [-0.3, -0.25) is 0 Å². The van der Waals surface area contributed by atoms with E-state index in [4.69, 9.17) is 0 Å². The molecule has 0 radical (unpaired) electrons. The number of aliphatic imine (C=N–C) groups is 2. The van der Waals surface area contributed by atoms with Gasteiger partial charge in [0.1, 0.15) is 5.84 Å². The Bertz CT molecular complexity index is 407. The molecule has 0 aromatic heterocycles. The highest BCUT2D eigenvalue weighted by Crippen LogP contribution is 2.19. The summed E-state index contributed by atoms with van der Waals surface area (Å²) < 4.78 is 0. The van der Waals surface area contributed by atoms with E-state index in [-0.39, 0.29) is 0 Å². The van der Waals surface area contributed by atoms with Gasteiger partial charge in [0.2, 0.25) is 0 Å². The van der Waals surface area contributed by atoms with Crippen molar-refractivity contribution in [3.63, 3.8) is 0 Å². The highest BCUT2D eigenvalue weighted by atomic mass is 14.9. The van der Waals surface area contributed by atoms with Gasteiger partial charge in [0.15, 0.2) is 0 Å². The highest BCUT2D eigenvalue weighted by Gasteiger charge is 2.11. The van der Waals surface area contributed by atoms with Gasteiger partial charge in [-0.05, 0) is 18.9 Å². The summed E-state index contributed by atoms with van der Waals surface area (Å²) in [6.45, 7) is 12.2. The van der Waals surface area contributed by atoms with E-state index in [9.17, 15) is 0 Å². The molecule has 0 aromatic rings. The van der Waals surface area contributed by atoms with Crippen molar-refractivity contribution >= 4 is 11.5 Å². The van der Waals surface area contributed by atoms with Crippen LogP contribution in [-0.4, -0.2) is 11.5 Å². The van der Waals surface area contributed by atoms with Crippen molar-refractivity contribution in [3.05, 3.63) is 36.1 Å². The first kappa shape index (κ1) is 13.6. The maximum absolute atomic E-state index is 4.67. The van der Waals surface area contributed by atoms with E-state index in [0.717, 1.165) is 29.9 Å². The molecule has 2 heteroatoms. The fraction of sp³-hybridized carbons (Fsp3) is 0.467. The summed E-state index contributed by atoms with van der Waals surface area (Å²) in [7, 11) is 0. The quantitative estimate of drug-likeness (QED) is 0.643. The van der Waals surface area contributed by atoms with Crippen LogP contribution in [-0.2, 0) is 0 Å². The van der Waals surface area contributed by atoms with E-state index in [0.29, 0.717) is 5.92 Å². The minimum atomic E-state index is 0.348. The minimum Gasteiger partial charge on any atom is -0.242 e. The van der Waals surface area contributed by atoms with Crippen LogP contribution in [0.3, 0.4) is 0 Å². The molecule has 0 unspecified atom stereocenters. The molecule has 0 atom stereocenters. The fourth-order valence-electron chi connectivity index (χ4n) is 1.65. The lowest BCUT2D eigenvalue weighted by atomic mass is 10.1. The van der Waals surface area contributed by atoms with Crippen LogP contribution in [0.15, 0.2) is 46.1 Å². The number of amidine groups is 1. The standard InChI is InChI=1S/C15H22N2/c1-6-12(7-2)14-10-9-13(8-3)16-15(17-14)11(4)5/h6-7,10-11H,1,8-9H2,2-5H3/b12-7+. The smallest absolute Gasteiger partial charge is 0.131 e. The molecule has 2 nitrogen and oxygen atoms in total. The third-order valence-corrected chi connectivity index (χ3v) is 2.79. The Kier molecular flexibility index (Phi) is 5.08. The molecule has 1 heterocycles. The first-order chi connectivity index (χ1) is 8.12. The molecule has 1 rings (SSSR count). The summed E-state index contributed by atoms with van der Waals surface area (Å²) in [5, 5.41) is 0. The summed E-state index contributed by atoms with van der Waals surface area (Å²) in [6, 6.07) is 0. The lowest BCUT2D eigenvalue weighted by Gasteiger charge is -2.06. The molecule has 0 saturated carbocycles. The molecule has 0 aliphatic carbocycles. The average Bonchev–Trinajstić information content (AvgIpc) is 2.53. The second kappa shape index (κ2) is 6.33. The number of allylic oxidation sites excluding steroid dienone is 3. The van der Waals surface area contributed by atoms with Crippen molar-refractivity contribution in [2.75, 3.05) is 0 Å². The van der Waals surface area contributed by atoms with Crippen molar-refractivity contribution in [2.24, 2.45) is 15.9 Å². The third kappa shape index (κ3) is 3.52. The Morgan fingerprint density at radius 2 is 2.18 bits per heavy atom. The van der Waals surface area contributed by atoms with Gasteiger partial charge < -0.3 is 0 Å². The Hall–Kier alpha value is -1.44. The molecular formula is C15H22N2. The molecule has 17 heavy (non-hydrogen) atoms. The molecule has 0 saturated heterocycles. The van der Waals surface area contributed by atoms with E-state index >= 15 is 0 Å². The summed E-state index contributed by atoms with van der Waals surface area (Å²) in [6.07, 6.45) is 7.90. The minimum absolute atomic E-state index is 0.348. The zero-order valence-electron chi connectivity index (χ0n) is 11.3. The highest BCUT2D eigenvalue weighted by molar-refractivity contribution is 6.00. The molecule has 0 N–H and O–H groups in total. The first-order valence-electron chi connectivity index (χ1n) is 6.26. The molecule has 0 amide bonds. The SMILES string of the molecule is C=C/C(=C\C)C1=CCC(CC)=NC(C(C)C)=N1. The van der Waals surface area contributed by atoms with Crippen molar-refractivity contribution in [2.45, 2.75) is 40.5 Å². The summed E-state index contributed by atoms with van der Waals surface area (Å²) in [5.41, 5.74) is 3.28. The van der Waals surface area contributed by atoms with Crippen LogP contribution in [0.1, 0.15) is 40.5 Å². The summed E-state index contributed by atoms with van der Waals surface area (Å²) in [4.78, 5) is 9.31. The molecule has 1 aliphatic rings. The van der Waals surface area contributed by atoms with E-state index in [1.807, 2.05) is 19.1 Å². The number of hydrogen-bond donors (Lipinski definition) is 0. The Morgan fingerprint density at radius 1 is 1.47 bits per heavy atom. The maximum Gasteiger partial charge on any atom is 0.131 e. The Balaban J connectivity index is 3.16. The van der Waals surface area contributed by atoms with Gasteiger partial charge in [0.25, 0.3) is 0 Å². The second-order valence-corrected chi connectivity index (χ2v) is 4.40. The van der Waals surface area contributed by atoms with Crippen LogP contribution in [0.5, 0.6) is 0 Å². The van der Waals surface area contributed by atoms with Crippen molar-refractivity contribution in [1.29, 1.82) is 0 Å². The van der Waals surface area contributed by atoms with E-state index < -0.39 is 0 Å². The predicted octanol–water partition coefficient (Wildman–Crippen LogP) is 4.31. The molecule has 0 bridgehead atoms. The van der Waals surface area contributed by atoms with E-state index in [1.165, 1.54) is 5.71 Å². The molecule has 0 spiro atoms. The van der Waals surface area contributed by atoms with E-state index in [2.05, 4.69) is 43.4 Å². The van der Waals surface area contributed by atoms with Crippen LogP contribution < -0.4 is 0 Å². The number of nitrogens with zero attached hydrogens (tertiary/aromatic N) is 2. The predicted molar refractivity (Wildman–Crippen MR) is 76.7 cm³/mol. The summed E-state index contributed by atoms with van der Waals surface area (Å²) in [5.74, 6) is 1.27. The molecule has 92 valence electrons. The Labute approximate surface area is 105 Å². The fourth-order valence-corrected chi connectivity index (χ4v) is 1.65. The van der Waals surface area contributed by atoms with Crippen LogP contribution in [0.4, 0.5) is 0 Å². The van der Waals surface area contributed by atoms with E-state index in [1.54, 1.807) is 0 Å². The Morgan fingerprint density at radius 3 is 2.65 bits per heavy atom. The topological polar surface area (TPSA) is 24.7 Å². The van der Waals surface area contributed by atoms with Gasteiger partial charge in [-0.1, -0.05) is 45.6 Å². The van der Waals surface area contributed by atoms with Gasteiger partial charge >= 0.3 is 0 Å². The number of hydrogen-bond acceptors (Lipinski definition) is 2. The third-order valence-electron chi connectivity index (χ3n) is 2.79. The van der Waals surface area contributed by atoms with Gasteiger partial charge in [-0.15, -0.1) is 0 Å². The maximum atomic E-state index is 4.67. The normalized spacial score (nSPS) is 17.2. The summed E-state index contributed by atoms with van der Waals surface area (Å²) >= 11 is 0. The van der Waals surface area contributed by atoms with Crippen LogP contribution in [0.2, 0.25) is 0 Å². The average molecular weight is 230 g/mol. The lowest BCUT2D eigenvalue weighted by molar-refractivity contribution is 0.870. The van der Waals surface area contributed by atoms with Gasteiger partial charge in [-0.25, -0.2) is 9.98 Å². The zero-order chi connectivity index (χ0) is 12.8. The van der Waals surface area contributed by atoms with Crippen molar-refractivity contribution in [1.82, 2.24) is 0 Å². The van der Waals surface area contributed by atoms with Crippen LogP contribution >= 0.6 is 0 Å². The van der Waals surface area contributed by atoms with Crippen molar-refractivity contribution in [3.8, 4) is 0 Å². The first-order valence-corrected chi connectivity index (χ1v) is 6.26. The largest absolute Gasteiger partial charge is 0.242 e. The van der Waals surface area contributed by atoms with Crippen LogP contribution in [0.25, 0.3) is 0 Å². The molecule has 1 aliphatic heterocycles. The van der Waals surface area contributed by atoms with Crippen molar-refractivity contribution < 1.29 is 0 Å².